The Morgan fingerprint density at radius 1 is 0.947 bits per heavy atom. The Kier molecular flexibility index (Phi) is 5.11. The maximum absolute atomic E-state index is 11.5. The first-order valence-corrected chi connectivity index (χ1v) is 6.29. The monoisotopic (exact) mass is 295 g/mol. The van der Waals surface area contributed by atoms with E-state index in [2.05, 4.69) is 0 Å². The van der Waals surface area contributed by atoms with Crippen molar-refractivity contribution in [3.63, 3.8) is 0 Å². The summed E-state index contributed by atoms with van der Waals surface area (Å²) in [6.07, 6.45) is 0. The zero-order valence-electron chi connectivity index (χ0n) is 9.95. The van der Waals surface area contributed by atoms with E-state index in [1.165, 1.54) is 0 Å². The number of hydrogen-bond donors (Lipinski definition) is 1. The quantitative estimate of drug-likeness (QED) is 0.437. The van der Waals surface area contributed by atoms with Gasteiger partial charge in [0.2, 0.25) is 0 Å². The van der Waals surface area contributed by atoms with E-state index in [1.807, 2.05) is 0 Å². The van der Waals surface area contributed by atoms with Gasteiger partial charge >= 0.3 is 11.9 Å². The van der Waals surface area contributed by atoms with Gasteiger partial charge in [-0.3, -0.25) is 4.55 Å². The van der Waals surface area contributed by atoms with Crippen molar-refractivity contribution in [1.29, 1.82) is 0 Å². The first kappa shape index (κ1) is 16.1. The number of carbonyl (C=O) groups is 2. The Hall–Kier alpha value is -0.930. The maximum atomic E-state index is 11.5. The van der Waals surface area contributed by atoms with Gasteiger partial charge in [-0.25, -0.2) is 9.59 Å². The molecule has 0 unspecified atom stereocenters. The average molecular weight is 295 g/mol. The van der Waals surface area contributed by atoms with Gasteiger partial charge in [0.25, 0.3) is 10.1 Å². The number of carbonyl (C=O) groups excluding carboxylic acids is 2. The number of ether oxygens (including phenoxy) is 2. The summed E-state index contributed by atoms with van der Waals surface area (Å²) < 4.78 is 40.4. The first-order valence-electron chi connectivity index (χ1n) is 4.85. The van der Waals surface area contributed by atoms with Crippen molar-refractivity contribution in [1.82, 2.24) is 0 Å². The molecule has 0 amide bonds. The number of rotatable bonds is 1. The van der Waals surface area contributed by atoms with Gasteiger partial charge in [-0.15, -0.1) is 0 Å². The topological polar surface area (TPSA) is 107 Å². The smallest absolute Gasteiger partial charge is 0.338 e. The molecule has 1 N–H and O–H groups in total. The van der Waals surface area contributed by atoms with Crippen LogP contribution in [-0.4, -0.2) is 67.7 Å². The van der Waals surface area contributed by atoms with E-state index < -0.39 is 27.0 Å². The SMILES string of the molecule is O=C1OCCOC(=O)c2cc1cc(S(=O)(=O)O)c2.[Na]. The van der Waals surface area contributed by atoms with E-state index in [0.29, 0.717) is 0 Å². The predicted molar refractivity (Wildman–Crippen MR) is 62.6 cm³/mol. The van der Waals surface area contributed by atoms with Crippen LogP contribution in [0, 0.1) is 0 Å². The van der Waals surface area contributed by atoms with E-state index in [1.54, 1.807) is 0 Å². The van der Waals surface area contributed by atoms with Crippen LogP contribution in [0.1, 0.15) is 20.7 Å². The van der Waals surface area contributed by atoms with Gasteiger partial charge in [-0.1, -0.05) is 0 Å². The molecular formula is C10H8NaO7S. The molecule has 2 bridgehead atoms. The van der Waals surface area contributed by atoms with Crippen molar-refractivity contribution in [2.24, 2.45) is 0 Å². The second-order valence-electron chi connectivity index (χ2n) is 3.49. The molecule has 19 heavy (non-hydrogen) atoms. The summed E-state index contributed by atoms with van der Waals surface area (Å²) in [4.78, 5) is 22.4. The van der Waals surface area contributed by atoms with Crippen LogP contribution >= 0.6 is 0 Å². The Labute approximate surface area is 130 Å². The summed E-state index contributed by atoms with van der Waals surface area (Å²) in [7, 11) is -4.53. The Morgan fingerprint density at radius 2 is 1.37 bits per heavy atom. The molecule has 0 spiro atoms. The van der Waals surface area contributed by atoms with E-state index in [-0.39, 0.29) is 53.9 Å². The summed E-state index contributed by atoms with van der Waals surface area (Å²) in [5.74, 6) is -1.58. The molecule has 0 atom stereocenters. The number of benzene rings is 1. The van der Waals surface area contributed by atoms with Crippen LogP contribution in [-0.2, 0) is 19.6 Å². The number of esters is 2. The Bertz CT molecular complexity index is 587. The van der Waals surface area contributed by atoms with Gasteiger partial charge in [0.1, 0.15) is 13.2 Å². The van der Waals surface area contributed by atoms with Crippen molar-refractivity contribution in [2.75, 3.05) is 13.2 Å². The Balaban J connectivity index is 0.00000180. The summed E-state index contributed by atoms with van der Waals surface area (Å²) >= 11 is 0. The van der Waals surface area contributed by atoms with Crippen LogP contribution in [0.4, 0.5) is 0 Å². The molecule has 2 rings (SSSR count). The third-order valence-corrected chi connectivity index (χ3v) is 3.06. The molecule has 97 valence electrons. The van der Waals surface area contributed by atoms with Crippen molar-refractivity contribution >= 4 is 51.6 Å². The van der Waals surface area contributed by atoms with Crippen LogP contribution in [0.5, 0.6) is 0 Å². The molecule has 1 aliphatic heterocycles. The number of cyclic esters (lactones) is 2. The molecule has 0 saturated carbocycles. The van der Waals surface area contributed by atoms with Gasteiger partial charge in [0.15, 0.2) is 0 Å². The fraction of sp³-hybridized carbons (Fsp3) is 0.200. The van der Waals surface area contributed by atoms with Crippen LogP contribution in [0.3, 0.4) is 0 Å². The standard InChI is InChI=1S/C10H8O7S.Na/c11-9-6-3-7(10(12)17-2-1-16-9)5-8(4-6)18(13,14)15;/h3-5H,1-2H2,(H,13,14,15);. The van der Waals surface area contributed by atoms with Crippen molar-refractivity contribution in [3.05, 3.63) is 29.3 Å². The minimum absolute atomic E-state index is 0. The van der Waals surface area contributed by atoms with E-state index >= 15 is 0 Å². The van der Waals surface area contributed by atoms with Crippen molar-refractivity contribution in [3.8, 4) is 0 Å². The normalized spacial score (nSPS) is 15.2. The molecule has 1 aliphatic rings. The van der Waals surface area contributed by atoms with E-state index in [0.717, 1.165) is 18.2 Å². The molecule has 1 heterocycles. The summed E-state index contributed by atoms with van der Waals surface area (Å²) in [5, 5.41) is 0. The molecule has 0 saturated heterocycles. The van der Waals surface area contributed by atoms with Gasteiger partial charge in [0.05, 0.1) is 16.0 Å². The van der Waals surface area contributed by atoms with Crippen LogP contribution in [0.15, 0.2) is 23.1 Å². The van der Waals surface area contributed by atoms with Gasteiger partial charge in [-0.05, 0) is 18.2 Å². The van der Waals surface area contributed by atoms with Crippen molar-refractivity contribution < 1.29 is 32.0 Å². The van der Waals surface area contributed by atoms with Crippen LogP contribution in [0.2, 0.25) is 0 Å². The second kappa shape index (κ2) is 6.02. The molecule has 7 nitrogen and oxygen atoms in total. The van der Waals surface area contributed by atoms with E-state index in [9.17, 15) is 18.0 Å². The Morgan fingerprint density at radius 3 is 1.74 bits per heavy atom. The zero-order valence-corrected chi connectivity index (χ0v) is 12.8. The number of hydrogen-bond acceptors (Lipinski definition) is 6. The largest absolute Gasteiger partial charge is 0.458 e. The number of fused-ring (bicyclic) bond motifs is 2. The minimum Gasteiger partial charge on any atom is -0.458 e. The molecule has 0 aromatic heterocycles. The van der Waals surface area contributed by atoms with Crippen molar-refractivity contribution in [2.45, 2.75) is 4.90 Å². The molecular weight excluding hydrogens is 287 g/mol. The molecule has 1 aromatic rings. The van der Waals surface area contributed by atoms with Crippen LogP contribution < -0.4 is 0 Å². The van der Waals surface area contributed by atoms with Gasteiger partial charge in [0, 0.05) is 29.6 Å². The van der Waals surface area contributed by atoms with E-state index in [4.69, 9.17) is 14.0 Å². The maximum Gasteiger partial charge on any atom is 0.338 e. The predicted octanol–water partition coefficient (Wildman–Crippen LogP) is -0.120. The fourth-order valence-corrected chi connectivity index (χ4v) is 1.97. The third-order valence-electron chi connectivity index (χ3n) is 2.23. The zero-order chi connectivity index (χ0) is 13.3. The van der Waals surface area contributed by atoms with Crippen LogP contribution in [0.25, 0.3) is 0 Å². The molecule has 0 fully saturated rings. The second-order valence-corrected chi connectivity index (χ2v) is 4.91. The average Bonchev–Trinajstić information content (AvgIpc) is 2.35. The third kappa shape index (κ3) is 3.77. The summed E-state index contributed by atoms with van der Waals surface area (Å²) in [6.45, 7) is -0.242. The summed E-state index contributed by atoms with van der Waals surface area (Å²) in [6, 6.07) is 3.00. The summed E-state index contributed by atoms with van der Waals surface area (Å²) in [5.41, 5.74) is -0.280. The fourth-order valence-electron chi connectivity index (χ4n) is 1.42. The molecule has 0 aliphatic carbocycles. The van der Waals surface area contributed by atoms with Gasteiger partial charge in [-0.2, -0.15) is 8.42 Å². The first-order chi connectivity index (χ1) is 8.38. The van der Waals surface area contributed by atoms with Gasteiger partial charge < -0.3 is 9.47 Å². The minimum atomic E-state index is -4.53. The molecule has 1 aromatic carbocycles. The molecule has 1 radical (unpaired) electrons. The molecule has 9 heteroatoms.